The van der Waals surface area contributed by atoms with Crippen LogP contribution in [0, 0.1) is 5.92 Å². The molecule has 1 unspecified atom stereocenters. The van der Waals surface area contributed by atoms with Crippen molar-refractivity contribution in [3.8, 4) is 23.0 Å². The molecule has 1 heterocycles. The fourth-order valence-electron chi connectivity index (χ4n) is 3.23. The Morgan fingerprint density at radius 2 is 1.75 bits per heavy atom. The van der Waals surface area contributed by atoms with E-state index < -0.39 is 6.61 Å². The molecule has 2 aromatic carbocycles. The van der Waals surface area contributed by atoms with E-state index in [0.717, 1.165) is 22.6 Å². The monoisotopic (exact) mass is 393 g/mol. The first-order valence-electron chi connectivity index (χ1n) is 9.22. The molecular formula is C21H25F2NO4. The molecule has 152 valence electrons. The van der Waals surface area contributed by atoms with Crippen LogP contribution in [-0.2, 0) is 6.54 Å². The fraction of sp³-hybridized carbons (Fsp3) is 0.429. The third-order valence-electron chi connectivity index (χ3n) is 4.56. The second kappa shape index (κ2) is 9.10. The van der Waals surface area contributed by atoms with Crippen molar-refractivity contribution in [2.75, 3.05) is 20.3 Å². The molecular weight excluding hydrogens is 368 g/mol. The molecule has 1 aliphatic rings. The number of ether oxygens (including phenoxy) is 4. The number of alkyl halides is 2. The van der Waals surface area contributed by atoms with Crippen LogP contribution in [-0.4, -0.2) is 26.9 Å². The number of nitrogens with one attached hydrogen (secondary N) is 1. The van der Waals surface area contributed by atoms with Gasteiger partial charge in [-0.3, -0.25) is 0 Å². The van der Waals surface area contributed by atoms with Gasteiger partial charge >= 0.3 is 6.61 Å². The normalized spacial score (nSPS) is 14.2. The minimum atomic E-state index is -2.89. The molecule has 0 spiro atoms. The van der Waals surface area contributed by atoms with Crippen LogP contribution in [0.15, 0.2) is 36.4 Å². The van der Waals surface area contributed by atoms with Gasteiger partial charge < -0.3 is 24.3 Å². The van der Waals surface area contributed by atoms with E-state index in [-0.39, 0.29) is 17.5 Å². The summed E-state index contributed by atoms with van der Waals surface area (Å²) < 4.78 is 45.9. The highest BCUT2D eigenvalue weighted by atomic mass is 19.3. The van der Waals surface area contributed by atoms with Crippen LogP contribution in [0.1, 0.15) is 31.0 Å². The number of hydrogen-bond acceptors (Lipinski definition) is 5. The largest absolute Gasteiger partial charge is 0.493 e. The van der Waals surface area contributed by atoms with Gasteiger partial charge in [-0.1, -0.05) is 26.0 Å². The summed E-state index contributed by atoms with van der Waals surface area (Å²) in [6, 6.07) is 11.0. The number of benzene rings is 2. The minimum absolute atomic E-state index is 0.0218. The molecule has 2 aromatic rings. The van der Waals surface area contributed by atoms with E-state index in [0.29, 0.717) is 25.7 Å². The second-order valence-electron chi connectivity index (χ2n) is 6.87. The summed E-state index contributed by atoms with van der Waals surface area (Å²) in [6.07, 6.45) is 0. The number of fused-ring (bicyclic) bond motifs is 1. The van der Waals surface area contributed by atoms with Crippen LogP contribution >= 0.6 is 0 Å². The SMILES string of the molecule is COc1cc(CNC(c2ccc3c(c2)OCCO3)C(C)C)ccc1OC(F)F. The molecule has 0 aromatic heterocycles. The van der Waals surface area contributed by atoms with Gasteiger partial charge in [-0.15, -0.1) is 0 Å². The zero-order valence-corrected chi connectivity index (χ0v) is 16.2. The van der Waals surface area contributed by atoms with Crippen molar-refractivity contribution in [3.05, 3.63) is 47.5 Å². The molecule has 0 fully saturated rings. The maximum Gasteiger partial charge on any atom is 0.387 e. The predicted octanol–water partition coefficient (Wildman–Crippen LogP) is 4.55. The molecule has 0 saturated heterocycles. The lowest BCUT2D eigenvalue weighted by Crippen LogP contribution is -2.26. The number of rotatable bonds is 8. The van der Waals surface area contributed by atoms with Gasteiger partial charge in [-0.05, 0) is 41.3 Å². The molecule has 5 nitrogen and oxygen atoms in total. The van der Waals surface area contributed by atoms with Gasteiger partial charge in [0.2, 0.25) is 0 Å². The van der Waals surface area contributed by atoms with Crippen molar-refractivity contribution >= 4 is 0 Å². The zero-order valence-electron chi connectivity index (χ0n) is 16.2. The summed E-state index contributed by atoms with van der Waals surface area (Å²) in [6.45, 7) is 3.03. The average Bonchev–Trinajstić information content (AvgIpc) is 2.68. The summed E-state index contributed by atoms with van der Waals surface area (Å²) in [5.74, 6) is 2.14. The van der Waals surface area contributed by atoms with Gasteiger partial charge in [0.1, 0.15) is 13.2 Å². The third-order valence-corrected chi connectivity index (χ3v) is 4.56. The number of halogens is 2. The van der Waals surface area contributed by atoms with Gasteiger partial charge in [0.05, 0.1) is 7.11 Å². The standard InChI is InChI=1S/C21H25F2NO4/c1-13(2)20(15-5-7-16-19(11-15)27-9-8-26-16)24-12-14-4-6-17(28-21(22)23)18(10-14)25-3/h4-7,10-11,13,20-21,24H,8-9,12H2,1-3H3. The lowest BCUT2D eigenvalue weighted by Gasteiger charge is -2.26. The van der Waals surface area contributed by atoms with Gasteiger partial charge in [0, 0.05) is 12.6 Å². The van der Waals surface area contributed by atoms with Crippen molar-refractivity contribution in [3.63, 3.8) is 0 Å². The van der Waals surface area contributed by atoms with Crippen molar-refractivity contribution in [2.45, 2.75) is 33.0 Å². The van der Waals surface area contributed by atoms with Crippen LogP contribution < -0.4 is 24.3 Å². The first-order chi connectivity index (χ1) is 13.5. The van der Waals surface area contributed by atoms with Crippen LogP contribution in [0.3, 0.4) is 0 Å². The van der Waals surface area contributed by atoms with Crippen LogP contribution in [0.4, 0.5) is 8.78 Å². The molecule has 0 radical (unpaired) electrons. The highest BCUT2D eigenvalue weighted by molar-refractivity contribution is 5.45. The van der Waals surface area contributed by atoms with E-state index in [9.17, 15) is 8.78 Å². The Morgan fingerprint density at radius 3 is 2.43 bits per heavy atom. The topological polar surface area (TPSA) is 49.0 Å². The summed E-state index contributed by atoms with van der Waals surface area (Å²) in [5, 5.41) is 3.53. The molecule has 0 bridgehead atoms. The maximum atomic E-state index is 12.5. The van der Waals surface area contributed by atoms with Gasteiger partial charge in [0.15, 0.2) is 23.0 Å². The molecule has 1 aliphatic heterocycles. The van der Waals surface area contributed by atoms with Crippen molar-refractivity contribution in [2.24, 2.45) is 5.92 Å². The van der Waals surface area contributed by atoms with E-state index in [2.05, 4.69) is 23.9 Å². The molecule has 1 atom stereocenters. The quantitative estimate of drug-likeness (QED) is 0.713. The van der Waals surface area contributed by atoms with Crippen LogP contribution in [0.25, 0.3) is 0 Å². The van der Waals surface area contributed by atoms with E-state index in [1.54, 1.807) is 12.1 Å². The maximum absolute atomic E-state index is 12.5. The molecule has 1 N–H and O–H groups in total. The smallest absolute Gasteiger partial charge is 0.387 e. The van der Waals surface area contributed by atoms with Crippen LogP contribution in [0.5, 0.6) is 23.0 Å². The van der Waals surface area contributed by atoms with Crippen molar-refractivity contribution < 1.29 is 27.7 Å². The average molecular weight is 393 g/mol. The summed E-state index contributed by atoms with van der Waals surface area (Å²) >= 11 is 0. The van der Waals surface area contributed by atoms with E-state index in [1.807, 2.05) is 18.2 Å². The van der Waals surface area contributed by atoms with Crippen molar-refractivity contribution in [1.29, 1.82) is 0 Å². The third kappa shape index (κ3) is 4.84. The lowest BCUT2D eigenvalue weighted by atomic mass is 9.95. The number of hydrogen-bond donors (Lipinski definition) is 1. The highest BCUT2D eigenvalue weighted by Gasteiger charge is 2.20. The Labute approximate surface area is 163 Å². The first kappa shape index (κ1) is 20.2. The Morgan fingerprint density at radius 1 is 1.00 bits per heavy atom. The minimum Gasteiger partial charge on any atom is -0.493 e. The van der Waals surface area contributed by atoms with Gasteiger partial charge in [-0.2, -0.15) is 8.78 Å². The lowest BCUT2D eigenvalue weighted by molar-refractivity contribution is -0.0512. The zero-order chi connectivity index (χ0) is 20.1. The molecule has 3 rings (SSSR count). The van der Waals surface area contributed by atoms with E-state index in [4.69, 9.17) is 14.2 Å². The summed E-state index contributed by atoms with van der Waals surface area (Å²) in [4.78, 5) is 0. The van der Waals surface area contributed by atoms with Crippen molar-refractivity contribution in [1.82, 2.24) is 5.32 Å². The number of methoxy groups -OCH3 is 1. The Balaban J connectivity index is 1.73. The summed E-state index contributed by atoms with van der Waals surface area (Å²) in [5.41, 5.74) is 2.01. The first-order valence-corrected chi connectivity index (χ1v) is 9.22. The molecule has 0 aliphatic carbocycles. The molecule has 7 heteroatoms. The summed E-state index contributed by atoms with van der Waals surface area (Å²) in [7, 11) is 1.43. The van der Waals surface area contributed by atoms with E-state index in [1.165, 1.54) is 13.2 Å². The van der Waals surface area contributed by atoms with Crippen LogP contribution in [0.2, 0.25) is 0 Å². The van der Waals surface area contributed by atoms with E-state index >= 15 is 0 Å². The van der Waals surface area contributed by atoms with Gasteiger partial charge in [0.25, 0.3) is 0 Å². The molecule has 0 amide bonds. The fourth-order valence-corrected chi connectivity index (χ4v) is 3.23. The predicted molar refractivity (Wildman–Crippen MR) is 101 cm³/mol. The second-order valence-corrected chi connectivity index (χ2v) is 6.87. The molecule has 0 saturated carbocycles. The Kier molecular flexibility index (Phi) is 6.57. The Hall–Kier alpha value is -2.54. The van der Waals surface area contributed by atoms with Gasteiger partial charge in [-0.25, -0.2) is 0 Å². The molecule has 28 heavy (non-hydrogen) atoms. The Bertz CT molecular complexity index is 798. The highest BCUT2D eigenvalue weighted by Crippen LogP contribution is 2.35.